The molecule has 0 aliphatic rings. The number of benzene rings is 1. The number of nitrogens with one attached hydrogen (secondary N) is 1. The Hall–Kier alpha value is -1.68. The monoisotopic (exact) mass is 288 g/mol. The zero-order valence-corrected chi connectivity index (χ0v) is 12.9. The Morgan fingerprint density at radius 3 is 2.60 bits per heavy atom. The first-order valence-electron chi connectivity index (χ1n) is 6.85. The number of carbonyl (C=O) groups excluding carboxylic acids is 1. The van der Waals surface area contributed by atoms with Gasteiger partial charge in [0.15, 0.2) is 0 Å². The Labute approximate surface area is 124 Å². The highest BCUT2D eigenvalue weighted by atomic mass is 32.1. The molecule has 1 amide bonds. The number of amides is 1. The summed E-state index contributed by atoms with van der Waals surface area (Å²) in [6.07, 6.45) is 0.348. The van der Waals surface area contributed by atoms with E-state index in [-0.39, 0.29) is 11.9 Å². The van der Waals surface area contributed by atoms with E-state index in [2.05, 4.69) is 24.1 Å². The smallest absolute Gasteiger partial charge is 0.226 e. The maximum Gasteiger partial charge on any atom is 0.226 e. The van der Waals surface area contributed by atoms with Crippen LogP contribution in [0.25, 0.3) is 10.6 Å². The molecule has 0 radical (unpaired) electrons. The second-order valence-corrected chi connectivity index (χ2v) is 6.15. The van der Waals surface area contributed by atoms with Gasteiger partial charge in [0.2, 0.25) is 5.91 Å². The third-order valence-electron chi connectivity index (χ3n) is 3.30. The third kappa shape index (κ3) is 3.90. The number of carbonyl (C=O) groups is 1. The molecule has 0 aliphatic heterocycles. The first kappa shape index (κ1) is 14.7. The molecule has 0 unspecified atom stereocenters. The topological polar surface area (TPSA) is 42.0 Å². The lowest BCUT2D eigenvalue weighted by atomic mass is 10.1. The van der Waals surface area contributed by atoms with Crippen LogP contribution < -0.4 is 5.32 Å². The summed E-state index contributed by atoms with van der Waals surface area (Å²) in [5.74, 6) is 0.477. The molecule has 0 fully saturated rings. The van der Waals surface area contributed by atoms with Gasteiger partial charge in [0.25, 0.3) is 0 Å². The van der Waals surface area contributed by atoms with Crippen molar-refractivity contribution >= 4 is 17.2 Å². The summed E-state index contributed by atoms with van der Waals surface area (Å²) >= 11 is 1.58. The van der Waals surface area contributed by atoms with Crippen LogP contribution in [0.5, 0.6) is 0 Å². The van der Waals surface area contributed by atoms with Gasteiger partial charge in [0.05, 0.1) is 12.1 Å². The van der Waals surface area contributed by atoms with Crippen molar-refractivity contribution in [2.24, 2.45) is 5.92 Å². The van der Waals surface area contributed by atoms with E-state index in [1.165, 1.54) is 0 Å². The maximum absolute atomic E-state index is 11.9. The molecule has 20 heavy (non-hydrogen) atoms. The fraction of sp³-hybridized carbons (Fsp3) is 0.375. The summed E-state index contributed by atoms with van der Waals surface area (Å²) in [7, 11) is 0. The Kier molecular flexibility index (Phi) is 4.90. The average Bonchev–Trinajstić information content (AvgIpc) is 2.88. The molecule has 1 aromatic carbocycles. The molecule has 4 heteroatoms. The minimum Gasteiger partial charge on any atom is -0.353 e. The number of rotatable bonds is 5. The molecular weight excluding hydrogens is 268 g/mol. The van der Waals surface area contributed by atoms with E-state index < -0.39 is 0 Å². The minimum atomic E-state index is 0.0381. The van der Waals surface area contributed by atoms with Crippen molar-refractivity contribution in [3.63, 3.8) is 0 Å². The predicted octanol–water partition coefficient (Wildman–Crippen LogP) is 3.51. The minimum absolute atomic E-state index is 0.0381. The zero-order chi connectivity index (χ0) is 14.5. The van der Waals surface area contributed by atoms with Crippen molar-refractivity contribution < 1.29 is 4.79 Å². The first-order valence-corrected chi connectivity index (χ1v) is 7.73. The maximum atomic E-state index is 11.9. The van der Waals surface area contributed by atoms with Gasteiger partial charge >= 0.3 is 0 Å². The van der Waals surface area contributed by atoms with E-state index in [0.29, 0.717) is 12.3 Å². The van der Waals surface area contributed by atoms with Crippen LogP contribution >= 0.6 is 11.3 Å². The molecule has 2 aromatic rings. The lowest BCUT2D eigenvalue weighted by Gasteiger charge is -2.16. The molecule has 1 heterocycles. The predicted molar refractivity (Wildman–Crippen MR) is 83.7 cm³/mol. The fourth-order valence-electron chi connectivity index (χ4n) is 1.74. The zero-order valence-electron chi connectivity index (χ0n) is 12.1. The lowest BCUT2D eigenvalue weighted by molar-refractivity contribution is -0.121. The number of aromatic nitrogens is 1. The summed E-state index contributed by atoms with van der Waals surface area (Å²) in [4.78, 5) is 16.5. The van der Waals surface area contributed by atoms with Crippen LogP contribution in [-0.4, -0.2) is 16.9 Å². The van der Waals surface area contributed by atoms with Crippen molar-refractivity contribution in [1.29, 1.82) is 0 Å². The van der Waals surface area contributed by atoms with Gasteiger partial charge in [0, 0.05) is 17.0 Å². The van der Waals surface area contributed by atoms with E-state index in [9.17, 15) is 4.79 Å². The van der Waals surface area contributed by atoms with Gasteiger partial charge in [0.1, 0.15) is 5.01 Å². The fourth-order valence-corrected chi connectivity index (χ4v) is 2.56. The van der Waals surface area contributed by atoms with Crippen molar-refractivity contribution in [3.05, 3.63) is 41.4 Å². The van der Waals surface area contributed by atoms with E-state index >= 15 is 0 Å². The molecule has 2 rings (SSSR count). The van der Waals surface area contributed by atoms with Crippen molar-refractivity contribution in [1.82, 2.24) is 10.3 Å². The summed E-state index contributed by atoms with van der Waals surface area (Å²) in [5, 5.41) is 5.93. The van der Waals surface area contributed by atoms with Crippen molar-refractivity contribution in [2.45, 2.75) is 33.2 Å². The van der Waals surface area contributed by atoms with Gasteiger partial charge in [-0.1, -0.05) is 44.2 Å². The molecule has 0 spiro atoms. The Morgan fingerprint density at radius 1 is 1.25 bits per heavy atom. The Morgan fingerprint density at radius 2 is 1.95 bits per heavy atom. The molecule has 1 aromatic heterocycles. The van der Waals surface area contributed by atoms with E-state index in [4.69, 9.17) is 0 Å². The summed E-state index contributed by atoms with van der Waals surface area (Å²) < 4.78 is 0. The van der Waals surface area contributed by atoms with Crippen LogP contribution in [0, 0.1) is 5.92 Å². The first-order chi connectivity index (χ1) is 9.56. The normalized spacial score (nSPS) is 12.4. The second-order valence-electron chi connectivity index (χ2n) is 5.29. The molecule has 106 valence electrons. The van der Waals surface area contributed by atoms with Crippen molar-refractivity contribution in [3.8, 4) is 10.6 Å². The second kappa shape index (κ2) is 6.66. The standard InChI is InChI=1S/C16H20N2OS/c1-11(2)12(3)17-15(19)9-14-10-20-16(18-14)13-7-5-4-6-8-13/h4-8,10-12H,9H2,1-3H3,(H,17,19)/t12-/m0/s1. The number of hydrogen-bond donors (Lipinski definition) is 1. The SMILES string of the molecule is CC(C)[C@H](C)NC(=O)Cc1csc(-c2ccccc2)n1. The van der Waals surface area contributed by atoms with Crippen LogP contribution in [0.1, 0.15) is 26.5 Å². The molecule has 1 N–H and O–H groups in total. The number of hydrogen-bond acceptors (Lipinski definition) is 3. The molecule has 1 atom stereocenters. The molecular formula is C16H20N2OS. The molecule has 0 bridgehead atoms. The van der Waals surface area contributed by atoms with Gasteiger partial charge in [-0.15, -0.1) is 11.3 Å². The van der Waals surface area contributed by atoms with Crippen molar-refractivity contribution in [2.75, 3.05) is 0 Å². The molecule has 0 saturated carbocycles. The van der Waals surface area contributed by atoms with Gasteiger partial charge < -0.3 is 5.32 Å². The van der Waals surface area contributed by atoms with Crippen LogP contribution in [0.15, 0.2) is 35.7 Å². The Bertz CT molecular complexity index is 563. The summed E-state index contributed by atoms with van der Waals surface area (Å²) in [6.45, 7) is 6.22. The van der Waals surface area contributed by atoms with E-state index in [0.717, 1.165) is 16.3 Å². The van der Waals surface area contributed by atoms with Gasteiger partial charge in [-0.05, 0) is 12.8 Å². The van der Waals surface area contributed by atoms with E-state index in [1.807, 2.05) is 42.6 Å². The van der Waals surface area contributed by atoms with Gasteiger partial charge in [-0.25, -0.2) is 4.98 Å². The molecule has 0 saturated heterocycles. The highest BCUT2D eigenvalue weighted by Crippen LogP contribution is 2.23. The quantitative estimate of drug-likeness (QED) is 0.914. The molecule has 0 aliphatic carbocycles. The van der Waals surface area contributed by atoms with Gasteiger partial charge in [-0.2, -0.15) is 0 Å². The van der Waals surface area contributed by atoms with Gasteiger partial charge in [-0.3, -0.25) is 4.79 Å². The molecule has 3 nitrogen and oxygen atoms in total. The highest BCUT2D eigenvalue weighted by molar-refractivity contribution is 7.13. The van der Waals surface area contributed by atoms with Crippen LogP contribution in [0.2, 0.25) is 0 Å². The summed E-state index contributed by atoms with van der Waals surface area (Å²) in [5.41, 5.74) is 1.93. The largest absolute Gasteiger partial charge is 0.353 e. The lowest BCUT2D eigenvalue weighted by Crippen LogP contribution is -2.37. The average molecular weight is 288 g/mol. The highest BCUT2D eigenvalue weighted by Gasteiger charge is 2.13. The van der Waals surface area contributed by atoms with Crippen LogP contribution in [-0.2, 0) is 11.2 Å². The number of thiazole rings is 1. The summed E-state index contributed by atoms with van der Waals surface area (Å²) in [6, 6.07) is 10.2. The number of nitrogens with zero attached hydrogens (tertiary/aromatic N) is 1. The van der Waals surface area contributed by atoms with E-state index in [1.54, 1.807) is 11.3 Å². The third-order valence-corrected chi connectivity index (χ3v) is 4.24. The Balaban J connectivity index is 1.98. The van der Waals surface area contributed by atoms with Crippen LogP contribution in [0.3, 0.4) is 0 Å². The van der Waals surface area contributed by atoms with Crippen LogP contribution in [0.4, 0.5) is 0 Å².